The van der Waals surface area contributed by atoms with Crippen LogP contribution >= 0.6 is 0 Å². The van der Waals surface area contributed by atoms with Crippen molar-refractivity contribution in [1.82, 2.24) is 39.7 Å². The van der Waals surface area contributed by atoms with Gasteiger partial charge in [0.15, 0.2) is 0 Å². The predicted molar refractivity (Wildman–Crippen MR) is 213 cm³/mol. The number of amides is 3. The quantitative estimate of drug-likeness (QED) is 0.174. The van der Waals surface area contributed by atoms with Gasteiger partial charge in [0.05, 0.1) is 42.7 Å². The number of aryl methyl sites for hydroxylation is 3. The third-order valence-corrected chi connectivity index (χ3v) is 12.4. The standard InChI is InChI=1S/C26H28N6O2.C18H19N3O3/c1-15-8-16(2-3-17(15)12-31-13-18-9-21(18)26(31)34)11-32-14-19(10-28-32)25(33)30-23-6-5-22-20(23)4-7-24(27)29-22;1-11-4-12(7-21-10-15(6-19-21)18(23)24)2-3-13(11)8-20-9-14-5-16(14)17(20)22/h2-4,7-8,10,14,18,21,23H,5-6,9,11-13H2,1H3,(H2,27,29)(H,30,33);2-4,6,10,14,16H,5,7-9H2,1H3,(H,23,24)/t18?,21?,23-;/m1./s1. The fourth-order valence-corrected chi connectivity index (χ4v) is 8.86. The number of piperidine rings is 2. The number of nitrogens with zero attached hydrogens (tertiary/aromatic N) is 7. The number of likely N-dealkylation sites (tertiary alicyclic amines) is 2. The van der Waals surface area contributed by atoms with Gasteiger partial charge in [0.1, 0.15) is 5.82 Å². The average Bonchev–Trinajstić information content (AvgIpc) is 3.76. The molecule has 0 radical (unpaired) electrons. The van der Waals surface area contributed by atoms with E-state index < -0.39 is 5.97 Å². The van der Waals surface area contributed by atoms with Crippen LogP contribution in [0, 0.1) is 37.5 Å². The summed E-state index contributed by atoms with van der Waals surface area (Å²) in [7, 11) is 0. The zero-order chi connectivity index (χ0) is 40.2. The van der Waals surface area contributed by atoms with E-state index in [2.05, 4.69) is 57.8 Å². The summed E-state index contributed by atoms with van der Waals surface area (Å²) in [6, 6.07) is 16.2. The maximum absolute atomic E-state index is 12.8. The van der Waals surface area contributed by atoms with Crippen LogP contribution in [0.3, 0.4) is 0 Å². The van der Waals surface area contributed by atoms with Gasteiger partial charge < -0.3 is 26.0 Å². The van der Waals surface area contributed by atoms with Crippen molar-refractivity contribution in [2.75, 3.05) is 18.8 Å². The fraction of sp³-hybridized carbons (Fsp3) is 0.386. The molecule has 4 unspecified atom stereocenters. The van der Waals surface area contributed by atoms with Crippen LogP contribution in [0.25, 0.3) is 0 Å². The van der Waals surface area contributed by atoms with Gasteiger partial charge in [0.25, 0.3) is 5.91 Å². The molecule has 0 bridgehead atoms. The summed E-state index contributed by atoms with van der Waals surface area (Å²) < 4.78 is 3.40. The summed E-state index contributed by atoms with van der Waals surface area (Å²) in [5.74, 6) is 1.81. The van der Waals surface area contributed by atoms with Gasteiger partial charge in [0.2, 0.25) is 11.8 Å². The van der Waals surface area contributed by atoms with Crippen LogP contribution in [0.4, 0.5) is 5.82 Å². The van der Waals surface area contributed by atoms with Gasteiger partial charge in [-0.1, -0.05) is 42.5 Å². The Morgan fingerprint density at radius 2 is 1.33 bits per heavy atom. The van der Waals surface area contributed by atoms with Crippen molar-refractivity contribution < 1.29 is 24.3 Å². The molecule has 2 saturated heterocycles. The topological polar surface area (TPSA) is 182 Å². The van der Waals surface area contributed by atoms with Crippen LogP contribution in [0.5, 0.6) is 0 Å². The minimum Gasteiger partial charge on any atom is -0.478 e. The highest BCUT2D eigenvalue weighted by Gasteiger charge is 2.52. The number of nitrogens with two attached hydrogens (primary N) is 1. The first-order valence-electron chi connectivity index (χ1n) is 20.0. The first-order valence-corrected chi connectivity index (χ1v) is 20.0. The van der Waals surface area contributed by atoms with Crippen molar-refractivity contribution in [2.24, 2.45) is 23.7 Å². The molecule has 14 nitrogen and oxygen atoms in total. The van der Waals surface area contributed by atoms with Crippen LogP contribution in [0.15, 0.2) is 73.3 Å². The molecule has 2 aliphatic heterocycles. The van der Waals surface area contributed by atoms with Crippen molar-refractivity contribution >= 4 is 29.5 Å². The summed E-state index contributed by atoms with van der Waals surface area (Å²) >= 11 is 0. The number of nitrogen functional groups attached to an aromatic ring is 1. The summed E-state index contributed by atoms with van der Waals surface area (Å²) in [5, 5.41) is 20.5. The van der Waals surface area contributed by atoms with Gasteiger partial charge in [-0.2, -0.15) is 10.2 Å². The third kappa shape index (κ3) is 7.70. The molecule has 3 aliphatic carbocycles. The molecule has 5 aromatic rings. The second kappa shape index (κ2) is 14.9. The number of benzene rings is 2. The Morgan fingerprint density at radius 3 is 1.83 bits per heavy atom. The lowest BCUT2D eigenvalue weighted by Gasteiger charge is -2.20. The summed E-state index contributed by atoms with van der Waals surface area (Å²) in [5.41, 5.74) is 15.4. The zero-order valence-electron chi connectivity index (χ0n) is 32.7. The number of carboxylic acid groups (broad SMARTS) is 1. The molecule has 3 amide bonds. The van der Waals surface area contributed by atoms with Crippen molar-refractivity contribution in [2.45, 2.75) is 71.8 Å². The lowest BCUT2D eigenvalue weighted by atomic mass is 10.0. The van der Waals surface area contributed by atoms with Crippen molar-refractivity contribution in [3.8, 4) is 0 Å². The SMILES string of the molecule is Cc1cc(Cn2cc(C(=O)N[C@@H]3CCc4nc(N)ccc43)cn2)ccc1CN1CC2CC2C1=O.Cc1cc(Cn2cc(C(=O)O)cn2)ccc1CN1CC2CC2C1=O. The number of carboxylic acids is 1. The Hall–Kier alpha value is -6.31. The number of pyridine rings is 1. The second-order valence-electron chi connectivity index (χ2n) is 16.7. The van der Waals surface area contributed by atoms with Crippen LogP contribution in [-0.4, -0.2) is 76.2 Å². The van der Waals surface area contributed by atoms with Gasteiger partial charge in [-0.25, -0.2) is 9.78 Å². The number of carbonyl (C=O) groups is 4. The first kappa shape index (κ1) is 37.3. The van der Waals surface area contributed by atoms with Crippen LogP contribution < -0.4 is 11.1 Å². The molecule has 4 fully saturated rings. The van der Waals surface area contributed by atoms with Crippen LogP contribution in [0.1, 0.15) is 90.7 Å². The predicted octanol–water partition coefficient (Wildman–Crippen LogP) is 4.53. The van der Waals surface area contributed by atoms with E-state index in [9.17, 15) is 19.2 Å². The third-order valence-electron chi connectivity index (χ3n) is 12.4. The van der Waals surface area contributed by atoms with Crippen LogP contribution in [-0.2, 0) is 42.2 Å². The normalized spacial score (nSPS) is 22.3. The average molecular weight is 782 g/mol. The number of hydrogen-bond donors (Lipinski definition) is 3. The number of fused-ring (bicyclic) bond motifs is 3. The molecule has 3 aromatic heterocycles. The van der Waals surface area contributed by atoms with Crippen molar-refractivity contribution in [1.29, 1.82) is 0 Å². The van der Waals surface area contributed by atoms with Crippen molar-refractivity contribution in [3.63, 3.8) is 0 Å². The lowest BCUT2D eigenvalue weighted by Crippen LogP contribution is -2.28. The van der Waals surface area contributed by atoms with Gasteiger partial charge >= 0.3 is 5.97 Å². The smallest absolute Gasteiger partial charge is 0.338 e. The number of nitrogens with one attached hydrogen (secondary N) is 1. The zero-order valence-corrected chi connectivity index (χ0v) is 32.7. The minimum atomic E-state index is -0.971. The highest BCUT2D eigenvalue weighted by atomic mass is 16.4. The molecule has 58 heavy (non-hydrogen) atoms. The van der Waals surface area contributed by atoms with Gasteiger partial charge in [-0.05, 0) is 96.4 Å². The number of anilines is 1. The number of rotatable bonds is 11. The van der Waals surface area contributed by atoms with E-state index in [1.807, 2.05) is 28.9 Å². The largest absolute Gasteiger partial charge is 0.478 e. The highest BCUT2D eigenvalue weighted by Crippen LogP contribution is 2.47. The van der Waals surface area contributed by atoms with Gasteiger partial charge in [-0.3, -0.25) is 23.7 Å². The number of carbonyl (C=O) groups excluding carboxylic acids is 3. The van der Waals surface area contributed by atoms with Gasteiger partial charge in [0, 0.05) is 56.1 Å². The molecule has 298 valence electrons. The molecule has 2 saturated carbocycles. The molecule has 10 rings (SSSR count). The maximum atomic E-state index is 12.8. The lowest BCUT2D eigenvalue weighted by molar-refractivity contribution is -0.131. The summed E-state index contributed by atoms with van der Waals surface area (Å²) in [4.78, 5) is 56.4. The Balaban J connectivity index is 0.000000160. The Morgan fingerprint density at radius 1 is 0.776 bits per heavy atom. The molecule has 0 spiro atoms. The molecular weight excluding hydrogens is 735 g/mol. The maximum Gasteiger partial charge on any atom is 0.338 e. The highest BCUT2D eigenvalue weighted by molar-refractivity contribution is 5.94. The van der Waals surface area contributed by atoms with E-state index in [4.69, 9.17) is 10.8 Å². The summed E-state index contributed by atoms with van der Waals surface area (Å²) in [6.07, 6.45) is 10.1. The number of aromatic carboxylic acids is 1. The minimum absolute atomic E-state index is 0.0532. The van der Waals surface area contributed by atoms with Crippen LogP contribution in [0.2, 0.25) is 0 Å². The second-order valence-corrected chi connectivity index (χ2v) is 16.7. The molecule has 14 heteroatoms. The first-order chi connectivity index (χ1) is 27.9. The van der Waals surface area contributed by atoms with E-state index >= 15 is 0 Å². The Bertz CT molecular complexity index is 2450. The van der Waals surface area contributed by atoms with Crippen molar-refractivity contribution in [3.05, 3.63) is 129 Å². The van der Waals surface area contributed by atoms with E-state index in [1.54, 1.807) is 27.8 Å². The molecule has 5 atom stereocenters. The monoisotopic (exact) mass is 781 g/mol. The molecule has 2 aromatic carbocycles. The fourth-order valence-electron chi connectivity index (χ4n) is 8.86. The summed E-state index contributed by atoms with van der Waals surface area (Å²) in [6.45, 7) is 8.42. The molecule has 5 aliphatic rings. The molecule has 5 heterocycles. The molecular formula is C44H47N9O5. The number of aromatic nitrogens is 5. The van der Waals surface area contributed by atoms with E-state index in [-0.39, 0.29) is 17.5 Å². The molecule has 4 N–H and O–H groups in total. The van der Waals surface area contributed by atoms with E-state index in [0.29, 0.717) is 73.0 Å². The Kier molecular flexibility index (Phi) is 9.57. The Labute approximate surface area is 336 Å². The van der Waals surface area contributed by atoms with Gasteiger partial charge in [-0.15, -0.1) is 0 Å². The number of hydrogen-bond acceptors (Lipinski definition) is 8. The van der Waals surface area contributed by atoms with E-state index in [0.717, 1.165) is 66.7 Å². The van der Waals surface area contributed by atoms with E-state index in [1.165, 1.54) is 29.1 Å².